The number of hydrogen-bond acceptors (Lipinski definition) is 7. The van der Waals surface area contributed by atoms with Crippen molar-refractivity contribution >= 4 is 5.97 Å². The summed E-state index contributed by atoms with van der Waals surface area (Å²) in [7, 11) is 2.14. The molecule has 0 aliphatic carbocycles. The van der Waals surface area contributed by atoms with E-state index < -0.39 is 5.97 Å². The minimum atomic E-state index is -0.511. The normalized spacial score (nSPS) is 13.0. The number of nitrogens with zero attached hydrogens (tertiary/aromatic N) is 2. The highest BCUT2D eigenvalue weighted by Gasteiger charge is 2.28. The van der Waals surface area contributed by atoms with Crippen molar-refractivity contribution in [2.24, 2.45) is 0 Å². The Balaban J connectivity index is 1.55. The number of carbonyl (C=O) groups excluding carboxylic acids is 1. The molecular weight excluding hydrogens is 576 g/mol. The van der Waals surface area contributed by atoms with Gasteiger partial charge in [-0.2, -0.15) is 0 Å². The van der Waals surface area contributed by atoms with Crippen LogP contribution in [0.3, 0.4) is 0 Å². The van der Waals surface area contributed by atoms with Crippen LogP contribution in [0.2, 0.25) is 0 Å². The lowest BCUT2D eigenvalue weighted by molar-refractivity contribution is 0.0515. The number of carbonyl (C=O) groups is 1. The maximum absolute atomic E-state index is 13.0. The molecule has 7 heteroatoms. The molecule has 0 spiro atoms. The van der Waals surface area contributed by atoms with Crippen LogP contribution in [0.4, 0.5) is 0 Å². The van der Waals surface area contributed by atoms with E-state index in [-0.39, 0.29) is 18.2 Å². The van der Waals surface area contributed by atoms with E-state index in [4.69, 9.17) is 18.7 Å². The van der Waals surface area contributed by atoms with Gasteiger partial charge in [-0.15, -0.1) is 0 Å². The molecule has 1 aliphatic heterocycles. The van der Waals surface area contributed by atoms with Crippen molar-refractivity contribution in [1.82, 2.24) is 10.1 Å². The highest BCUT2D eigenvalue weighted by molar-refractivity contribution is 5.99. The van der Waals surface area contributed by atoms with Gasteiger partial charge in [-0.3, -0.25) is 0 Å². The number of ether oxygens (including phenoxy) is 3. The lowest BCUT2D eigenvalue weighted by atomic mass is 9.83. The van der Waals surface area contributed by atoms with E-state index in [0.29, 0.717) is 24.5 Å². The second kappa shape index (κ2) is 14.0. The molecule has 0 fully saturated rings. The molecule has 0 unspecified atom stereocenters. The lowest BCUT2D eigenvalue weighted by Gasteiger charge is -2.29. The summed E-state index contributed by atoms with van der Waals surface area (Å²) in [5, 5.41) is 4.07. The molecule has 6 rings (SSSR count). The topological polar surface area (TPSA) is 74.0 Å². The molecule has 1 aromatic heterocycles. The minimum absolute atomic E-state index is 0.162. The van der Waals surface area contributed by atoms with Gasteiger partial charge < -0.3 is 23.6 Å². The summed E-state index contributed by atoms with van der Waals surface area (Å²) in [6.07, 6.45) is 2.38. The molecule has 0 amide bonds. The second-order valence-corrected chi connectivity index (χ2v) is 12.0. The smallest absolute Gasteiger partial charge is 0.361 e. The summed E-state index contributed by atoms with van der Waals surface area (Å²) in [6.45, 7) is 8.95. The van der Waals surface area contributed by atoms with Crippen LogP contribution in [-0.4, -0.2) is 36.2 Å². The first-order chi connectivity index (χ1) is 22.4. The molecule has 0 N–H and O–H groups in total. The molecule has 4 aromatic carbocycles. The fourth-order valence-electron chi connectivity index (χ4n) is 6.04. The van der Waals surface area contributed by atoms with Gasteiger partial charge >= 0.3 is 5.97 Å². The van der Waals surface area contributed by atoms with Crippen molar-refractivity contribution in [3.8, 4) is 33.8 Å². The minimum Gasteiger partial charge on any atom is -0.488 e. The maximum atomic E-state index is 13.0. The zero-order valence-electron chi connectivity index (χ0n) is 26.9. The van der Waals surface area contributed by atoms with Gasteiger partial charge in [0.15, 0.2) is 5.69 Å². The number of esters is 1. The van der Waals surface area contributed by atoms with E-state index in [1.54, 1.807) is 6.92 Å². The van der Waals surface area contributed by atoms with Gasteiger partial charge in [0.05, 0.1) is 12.2 Å². The zero-order valence-corrected chi connectivity index (χ0v) is 26.9. The monoisotopic (exact) mass is 616 g/mol. The van der Waals surface area contributed by atoms with E-state index in [2.05, 4.69) is 73.4 Å². The van der Waals surface area contributed by atoms with Crippen molar-refractivity contribution in [2.45, 2.75) is 52.9 Å². The van der Waals surface area contributed by atoms with Gasteiger partial charge in [0.2, 0.25) is 0 Å². The van der Waals surface area contributed by atoms with Crippen LogP contribution < -0.4 is 9.47 Å². The number of benzene rings is 4. The van der Waals surface area contributed by atoms with E-state index in [1.165, 1.54) is 17.4 Å². The zero-order chi connectivity index (χ0) is 32.0. The molecule has 2 heterocycles. The Labute approximate surface area is 270 Å². The van der Waals surface area contributed by atoms with E-state index in [1.807, 2.05) is 42.5 Å². The van der Waals surface area contributed by atoms with Crippen molar-refractivity contribution in [3.63, 3.8) is 0 Å². The van der Waals surface area contributed by atoms with Crippen molar-refractivity contribution in [1.29, 1.82) is 0 Å². The molecule has 0 radical (unpaired) electrons. The van der Waals surface area contributed by atoms with Crippen LogP contribution in [0.5, 0.6) is 11.5 Å². The summed E-state index contributed by atoms with van der Waals surface area (Å²) in [4.78, 5) is 15.3. The van der Waals surface area contributed by atoms with Gasteiger partial charge in [0.1, 0.15) is 31.0 Å². The molecule has 46 heavy (non-hydrogen) atoms. The third kappa shape index (κ3) is 6.70. The van der Waals surface area contributed by atoms with Crippen LogP contribution in [0, 0.1) is 0 Å². The average Bonchev–Trinajstić information content (AvgIpc) is 3.57. The highest BCUT2D eigenvalue weighted by atomic mass is 16.5. The molecular formula is C39H40N2O5. The SMILES string of the molecule is CCOC(=O)c1nocc1-c1ccc2c(c1-c1cc(C(C)C)c(OCc3ccccc3)cc1OCc1ccccc1)CCN(C)C2. The summed E-state index contributed by atoms with van der Waals surface area (Å²) in [6, 6.07) is 28.8. The Hall–Kier alpha value is -4.88. The van der Waals surface area contributed by atoms with Crippen LogP contribution in [0.1, 0.15) is 65.0 Å². The maximum Gasteiger partial charge on any atom is 0.361 e. The first kappa shape index (κ1) is 31.1. The molecule has 0 bridgehead atoms. The number of fused-ring (bicyclic) bond motifs is 1. The standard InChI is InChI=1S/C39H40N2O5/c1-5-43-39(42)38-34(25-46-40-38)31-17-16-29-22-41(4)19-18-30(29)37(31)33-20-32(26(2)3)35(44-23-27-12-8-6-9-13-27)21-36(33)45-24-28-14-10-7-11-15-28/h6-17,20-21,25-26H,5,18-19,22-24H2,1-4H3. The fraction of sp³-hybridized carbons (Fsp3) is 0.282. The number of aromatic nitrogens is 1. The van der Waals surface area contributed by atoms with E-state index in [0.717, 1.165) is 58.6 Å². The second-order valence-electron chi connectivity index (χ2n) is 12.0. The Morgan fingerprint density at radius 3 is 2.20 bits per heavy atom. The largest absolute Gasteiger partial charge is 0.488 e. The van der Waals surface area contributed by atoms with Crippen molar-refractivity contribution < 1.29 is 23.5 Å². The first-order valence-corrected chi connectivity index (χ1v) is 15.9. The summed E-state index contributed by atoms with van der Waals surface area (Å²) in [5.41, 5.74) is 9.27. The Morgan fingerprint density at radius 1 is 0.870 bits per heavy atom. The van der Waals surface area contributed by atoms with Crippen LogP contribution in [-0.2, 0) is 30.9 Å². The molecule has 0 saturated carbocycles. The molecule has 236 valence electrons. The summed E-state index contributed by atoms with van der Waals surface area (Å²) in [5.74, 6) is 1.16. The average molecular weight is 617 g/mol. The van der Waals surface area contributed by atoms with Gasteiger partial charge in [-0.05, 0) is 71.3 Å². The molecule has 0 saturated heterocycles. The van der Waals surface area contributed by atoms with Crippen LogP contribution in [0.15, 0.2) is 95.7 Å². The lowest BCUT2D eigenvalue weighted by Crippen LogP contribution is -2.27. The quantitative estimate of drug-likeness (QED) is 0.138. The van der Waals surface area contributed by atoms with E-state index >= 15 is 0 Å². The number of hydrogen-bond donors (Lipinski definition) is 0. The van der Waals surface area contributed by atoms with Crippen LogP contribution in [0.25, 0.3) is 22.3 Å². The predicted molar refractivity (Wildman–Crippen MR) is 179 cm³/mol. The fourth-order valence-corrected chi connectivity index (χ4v) is 6.04. The van der Waals surface area contributed by atoms with Gasteiger partial charge in [-0.25, -0.2) is 4.79 Å². The number of rotatable bonds is 11. The van der Waals surface area contributed by atoms with Crippen LogP contribution >= 0.6 is 0 Å². The molecule has 0 atom stereocenters. The Morgan fingerprint density at radius 2 is 1.54 bits per heavy atom. The summed E-state index contributed by atoms with van der Waals surface area (Å²) < 4.78 is 23.9. The van der Waals surface area contributed by atoms with Gasteiger partial charge in [0, 0.05) is 24.7 Å². The van der Waals surface area contributed by atoms with Crippen molar-refractivity contribution in [2.75, 3.05) is 20.2 Å². The Bertz CT molecular complexity index is 1800. The third-order valence-electron chi connectivity index (χ3n) is 8.40. The predicted octanol–water partition coefficient (Wildman–Crippen LogP) is 8.45. The van der Waals surface area contributed by atoms with Gasteiger partial charge in [0.25, 0.3) is 0 Å². The molecule has 5 aromatic rings. The van der Waals surface area contributed by atoms with E-state index in [9.17, 15) is 4.79 Å². The Kier molecular flexibility index (Phi) is 9.50. The van der Waals surface area contributed by atoms with Gasteiger partial charge in [-0.1, -0.05) is 91.8 Å². The first-order valence-electron chi connectivity index (χ1n) is 15.9. The number of likely N-dealkylation sites (N-methyl/N-ethyl adjacent to an activating group) is 1. The molecule has 7 nitrogen and oxygen atoms in total. The third-order valence-corrected chi connectivity index (χ3v) is 8.40. The highest BCUT2D eigenvalue weighted by Crippen LogP contribution is 2.47. The summed E-state index contributed by atoms with van der Waals surface area (Å²) >= 11 is 0. The molecule has 1 aliphatic rings. The van der Waals surface area contributed by atoms with Crippen molar-refractivity contribution in [3.05, 3.63) is 125 Å².